The molecule has 2 rings (SSSR count). The molecule has 1 aromatic carbocycles. The summed E-state index contributed by atoms with van der Waals surface area (Å²) in [5.74, 6) is -0.497. The van der Waals surface area contributed by atoms with Crippen LogP contribution in [0.2, 0.25) is 0 Å². The van der Waals surface area contributed by atoms with Gasteiger partial charge in [-0.3, -0.25) is 4.68 Å². The molecule has 98 valence electrons. The number of hydrogen-bond donors (Lipinski definition) is 1. The largest absolute Gasteiger partial charge is 0.381 e. The molecule has 0 unspecified atom stereocenters. The quantitative estimate of drug-likeness (QED) is 0.917. The smallest absolute Gasteiger partial charge is 0.141 e. The summed E-state index contributed by atoms with van der Waals surface area (Å²) in [5.41, 5.74) is 2.92. The Balaban J connectivity index is 2.12. The minimum Gasteiger partial charge on any atom is -0.381 e. The summed E-state index contributed by atoms with van der Waals surface area (Å²) < 4.78 is 15.0. The fourth-order valence-corrected chi connectivity index (χ4v) is 1.95. The Morgan fingerprint density at radius 1 is 1.47 bits per heavy atom. The van der Waals surface area contributed by atoms with Crippen LogP contribution in [-0.2, 0) is 20.0 Å². The molecule has 0 fully saturated rings. The SMILES string of the molecule is CCc1nn(C)cc1CNc1ccc(F)c(C#N)c1. The number of hydrogen-bond acceptors (Lipinski definition) is 3. The summed E-state index contributed by atoms with van der Waals surface area (Å²) in [7, 11) is 1.88. The Kier molecular flexibility index (Phi) is 3.81. The number of halogens is 1. The van der Waals surface area contributed by atoms with E-state index >= 15 is 0 Å². The van der Waals surface area contributed by atoms with Gasteiger partial charge in [0.1, 0.15) is 11.9 Å². The molecule has 19 heavy (non-hydrogen) atoms. The second-order valence-electron chi connectivity index (χ2n) is 4.29. The van der Waals surface area contributed by atoms with Gasteiger partial charge in [-0.2, -0.15) is 10.4 Å². The van der Waals surface area contributed by atoms with Crippen molar-refractivity contribution in [3.05, 3.63) is 47.0 Å². The molecule has 0 atom stereocenters. The van der Waals surface area contributed by atoms with Crippen molar-refractivity contribution in [1.29, 1.82) is 5.26 Å². The van der Waals surface area contributed by atoms with Crippen LogP contribution in [0.5, 0.6) is 0 Å². The Hall–Kier alpha value is -2.35. The zero-order chi connectivity index (χ0) is 13.8. The Labute approximate surface area is 111 Å². The van der Waals surface area contributed by atoms with Crippen molar-refractivity contribution in [2.45, 2.75) is 19.9 Å². The average molecular weight is 258 g/mol. The Morgan fingerprint density at radius 3 is 2.95 bits per heavy atom. The van der Waals surface area contributed by atoms with Gasteiger partial charge in [-0.25, -0.2) is 4.39 Å². The van der Waals surface area contributed by atoms with Crippen LogP contribution in [0.25, 0.3) is 0 Å². The van der Waals surface area contributed by atoms with E-state index < -0.39 is 5.82 Å². The van der Waals surface area contributed by atoms with Crippen molar-refractivity contribution >= 4 is 5.69 Å². The summed E-state index contributed by atoms with van der Waals surface area (Å²) in [5, 5.41) is 16.3. The standard InChI is InChI=1S/C14H15FN4/c1-3-14-11(9-19(2)18-14)8-17-12-4-5-13(15)10(6-12)7-16/h4-6,9,17H,3,8H2,1-2H3. The first kappa shape index (κ1) is 13.1. The predicted octanol–water partition coefficient (Wildman–Crippen LogP) is 2.61. The van der Waals surface area contributed by atoms with Crippen LogP contribution in [0.3, 0.4) is 0 Å². The van der Waals surface area contributed by atoms with Gasteiger partial charge in [-0.05, 0) is 24.6 Å². The van der Waals surface area contributed by atoms with E-state index in [0.717, 1.165) is 23.4 Å². The van der Waals surface area contributed by atoms with Crippen molar-refractivity contribution < 1.29 is 4.39 Å². The highest BCUT2D eigenvalue weighted by Crippen LogP contribution is 2.16. The van der Waals surface area contributed by atoms with Crippen LogP contribution in [0.1, 0.15) is 23.7 Å². The molecule has 0 saturated heterocycles. The fourth-order valence-electron chi connectivity index (χ4n) is 1.95. The molecule has 0 spiro atoms. The molecule has 2 aromatic rings. The number of aromatic nitrogens is 2. The molecule has 4 nitrogen and oxygen atoms in total. The maximum atomic E-state index is 13.2. The first-order chi connectivity index (χ1) is 9.13. The van der Waals surface area contributed by atoms with E-state index in [1.165, 1.54) is 12.1 Å². The average Bonchev–Trinajstić information content (AvgIpc) is 2.78. The first-order valence-corrected chi connectivity index (χ1v) is 6.09. The van der Waals surface area contributed by atoms with Gasteiger partial charge >= 0.3 is 0 Å². The Bertz CT molecular complexity index is 625. The third-order valence-corrected chi connectivity index (χ3v) is 2.90. The predicted molar refractivity (Wildman–Crippen MR) is 71.0 cm³/mol. The van der Waals surface area contributed by atoms with Crippen molar-refractivity contribution in [3.8, 4) is 6.07 Å². The van der Waals surface area contributed by atoms with Gasteiger partial charge in [0.2, 0.25) is 0 Å². The first-order valence-electron chi connectivity index (χ1n) is 6.09. The van der Waals surface area contributed by atoms with E-state index in [4.69, 9.17) is 5.26 Å². The fraction of sp³-hybridized carbons (Fsp3) is 0.286. The van der Waals surface area contributed by atoms with Gasteiger partial charge in [-0.1, -0.05) is 6.92 Å². The van der Waals surface area contributed by atoms with E-state index in [9.17, 15) is 4.39 Å². The van der Waals surface area contributed by atoms with Crippen molar-refractivity contribution in [1.82, 2.24) is 9.78 Å². The van der Waals surface area contributed by atoms with Crippen LogP contribution in [0.4, 0.5) is 10.1 Å². The van der Waals surface area contributed by atoms with Crippen LogP contribution in [-0.4, -0.2) is 9.78 Å². The topological polar surface area (TPSA) is 53.6 Å². The molecule has 1 N–H and O–H groups in total. The number of nitriles is 1. The molecule has 0 aliphatic carbocycles. The van der Waals surface area contributed by atoms with Crippen LogP contribution >= 0.6 is 0 Å². The van der Waals surface area contributed by atoms with E-state index in [-0.39, 0.29) is 5.56 Å². The Morgan fingerprint density at radius 2 is 2.26 bits per heavy atom. The van der Waals surface area contributed by atoms with E-state index in [2.05, 4.69) is 17.3 Å². The summed E-state index contributed by atoms with van der Waals surface area (Å²) in [6, 6.07) is 6.26. The highest BCUT2D eigenvalue weighted by Gasteiger charge is 2.06. The van der Waals surface area contributed by atoms with Gasteiger partial charge < -0.3 is 5.32 Å². The lowest BCUT2D eigenvalue weighted by atomic mass is 10.2. The lowest BCUT2D eigenvalue weighted by Crippen LogP contribution is -2.01. The summed E-state index contributed by atoms with van der Waals surface area (Å²) in [4.78, 5) is 0. The van der Waals surface area contributed by atoms with Gasteiger partial charge in [0.15, 0.2) is 0 Å². The third kappa shape index (κ3) is 2.91. The molecular formula is C14H15FN4. The van der Waals surface area contributed by atoms with Crippen molar-refractivity contribution in [2.24, 2.45) is 7.05 Å². The molecule has 1 aromatic heterocycles. The minimum atomic E-state index is -0.497. The molecule has 0 amide bonds. The van der Waals surface area contributed by atoms with Crippen molar-refractivity contribution in [3.63, 3.8) is 0 Å². The second-order valence-corrected chi connectivity index (χ2v) is 4.29. The molecule has 0 aliphatic rings. The molecule has 0 saturated carbocycles. The number of rotatable bonds is 4. The minimum absolute atomic E-state index is 0.0481. The van der Waals surface area contributed by atoms with Crippen molar-refractivity contribution in [2.75, 3.05) is 5.32 Å². The lowest BCUT2D eigenvalue weighted by molar-refractivity contribution is 0.624. The molecule has 0 radical (unpaired) electrons. The normalized spacial score (nSPS) is 10.2. The molecule has 5 heteroatoms. The van der Waals surface area contributed by atoms with E-state index in [1.54, 1.807) is 10.7 Å². The van der Waals surface area contributed by atoms with Gasteiger partial charge in [0.25, 0.3) is 0 Å². The summed E-state index contributed by atoms with van der Waals surface area (Å²) in [6.07, 6.45) is 2.82. The number of nitrogens with zero attached hydrogens (tertiary/aromatic N) is 3. The zero-order valence-electron chi connectivity index (χ0n) is 10.9. The van der Waals surface area contributed by atoms with E-state index in [1.807, 2.05) is 19.3 Å². The lowest BCUT2D eigenvalue weighted by Gasteiger charge is -2.06. The monoisotopic (exact) mass is 258 g/mol. The molecular weight excluding hydrogens is 243 g/mol. The molecule has 0 aliphatic heterocycles. The maximum absolute atomic E-state index is 13.2. The van der Waals surface area contributed by atoms with Gasteiger partial charge in [0.05, 0.1) is 11.3 Å². The summed E-state index contributed by atoms with van der Waals surface area (Å²) in [6.45, 7) is 2.66. The van der Waals surface area contributed by atoms with Gasteiger partial charge in [-0.15, -0.1) is 0 Å². The zero-order valence-corrected chi connectivity index (χ0v) is 10.9. The van der Waals surface area contributed by atoms with Crippen LogP contribution < -0.4 is 5.32 Å². The van der Waals surface area contributed by atoms with E-state index in [0.29, 0.717) is 6.54 Å². The highest BCUT2D eigenvalue weighted by atomic mass is 19.1. The van der Waals surface area contributed by atoms with Crippen LogP contribution in [0, 0.1) is 17.1 Å². The maximum Gasteiger partial charge on any atom is 0.141 e. The number of anilines is 1. The number of aryl methyl sites for hydroxylation is 2. The van der Waals surface area contributed by atoms with Crippen LogP contribution in [0.15, 0.2) is 24.4 Å². The number of nitrogens with one attached hydrogen (secondary N) is 1. The summed E-state index contributed by atoms with van der Waals surface area (Å²) >= 11 is 0. The highest BCUT2D eigenvalue weighted by molar-refractivity contribution is 5.50. The third-order valence-electron chi connectivity index (χ3n) is 2.90. The number of benzene rings is 1. The molecule has 0 bridgehead atoms. The van der Waals surface area contributed by atoms with Gasteiger partial charge in [0, 0.05) is 31.0 Å². The second kappa shape index (κ2) is 5.53. The molecule has 1 heterocycles.